The van der Waals surface area contributed by atoms with Crippen LogP contribution in [0, 0.1) is 0 Å². The summed E-state index contributed by atoms with van der Waals surface area (Å²) in [6.07, 6.45) is 1.60. The van der Waals surface area contributed by atoms with Gasteiger partial charge in [-0.3, -0.25) is 4.98 Å². The van der Waals surface area contributed by atoms with Crippen LogP contribution >= 0.6 is 46.4 Å². The number of pyridine rings is 1. The first kappa shape index (κ1) is 24.6. The molecule has 0 bridgehead atoms. The van der Waals surface area contributed by atoms with Gasteiger partial charge >= 0.3 is 0 Å². The lowest BCUT2D eigenvalue weighted by atomic mass is 10.2. The van der Waals surface area contributed by atoms with Crippen LogP contribution in [0.25, 0.3) is 10.9 Å². The number of para-hydroxylation sites is 1. The van der Waals surface area contributed by atoms with E-state index in [1.54, 1.807) is 30.5 Å². The van der Waals surface area contributed by atoms with E-state index < -0.39 is 11.0 Å². The van der Waals surface area contributed by atoms with Crippen LogP contribution in [0.4, 0.5) is 5.69 Å². The van der Waals surface area contributed by atoms with Crippen molar-refractivity contribution in [2.75, 3.05) is 4.72 Å². The second-order valence-electron chi connectivity index (χ2n) is 6.18. The van der Waals surface area contributed by atoms with Gasteiger partial charge in [-0.05, 0) is 42.5 Å². The van der Waals surface area contributed by atoms with Crippen molar-refractivity contribution in [3.63, 3.8) is 0 Å². The van der Waals surface area contributed by atoms with Crippen molar-refractivity contribution < 1.29 is 8.95 Å². The number of ether oxygens (including phenoxy) is 1. The lowest BCUT2D eigenvalue weighted by molar-refractivity contribution is 0.482. The molecule has 0 saturated heterocycles. The van der Waals surface area contributed by atoms with Crippen LogP contribution in [0.1, 0.15) is 13.8 Å². The SMILES string of the molecule is CC.O=S(Nc1cc(Cl)c(Oc2cnc3ccccc3c2)c(Cl)c1)c1ccc(Cl)cc1Cl. The summed E-state index contributed by atoms with van der Waals surface area (Å²) in [5, 5.41) is 2.16. The highest BCUT2D eigenvalue weighted by Crippen LogP contribution is 2.39. The number of rotatable bonds is 5. The molecule has 3 aromatic carbocycles. The first-order valence-electron chi connectivity index (χ1n) is 9.56. The van der Waals surface area contributed by atoms with Gasteiger partial charge in [0, 0.05) is 16.1 Å². The van der Waals surface area contributed by atoms with E-state index in [9.17, 15) is 4.21 Å². The predicted molar refractivity (Wildman–Crippen MR) is 136 cm³/mol. The standard InChI is InChI=1S/C21H12Cl4N2O2S.C2H6/c22-13-5-6-20(16(23)8-13)30(28)27-14-9-17(24)21(18(25)10-14)29-15-7-12-3-1-2-4-19(12)26-11-15;1-2/h1-11,27H;1-2H3. The molecule has 1 atom stereocenters. The minimum absolute atomic E-state index is 0.248. The third-order valence-electron chi connectivity index (χ3n) is 4.09. The fourth-order valence-electron chi connectivity index (χ4n) is 2.73. The fraction of sp³-hybridized carbons (Fsp3) is 0.0870. The molecular weight excluding hydrogens is 510 g/mol. The van der Waals surface area contributed by atoms with Crippen LogP contribution in [0.15, 0.2) is 71.8 Å². The quantitative estimate of drug-likeness (QED) is 0.282. The van der Waals surface area contributed by atoms with Crippen molar-refractivity contribution in [3.8, 4) is 11.5 Å². The number of aromatic nitrogens is 1. The van der Waals surface area contributed by atoms with E-state index >= 15 is 0 Å². The van der Waals surface area contributed by atoms with Crippen molar-refractivity contribution in [2.24, 2.45) is 0 Å². The first-order chi connectivity index (χ1) is 15.4. The summed E-state index contributed by atoms with van der Waals surface area (Å²) in [7, 11) is -1.64. The molecule has 9 heteroatoms. The van der Waals surface area contributed by atoms with Crippen molar-refractivity contribution in [1.29, 1.82) is 0 Å². The molecule has 0 saturated carbocycles. The second kappa shape index (κ2) is 11.2. The normalized spacial score (nSPS) is 11.4. The molecule has 166 valence electrons. The smallest absolute Gasteiger partial charge is 0.164 e. The minimum atomic E-state index is -1.64. The average molecular weight is 528 g/mol. The number of halogens is 4. The van der Waals surface area contributed by atoms with Gasteiger partial charge in [0.05, 0.1) is 31.7 Å². The molecule has 0 spiro atoms. The van der Waals surface area contributed by atoms with E-state index in [4.69, 9.17) is 51.1 Å². The van der Waals surface area contributed by atoms with Gasteiger partial charge in [0.1, 0.15) is 5.75 Å². The van der Waals surface area contributed by atoms with E-state index in [0.717, 1.165) is 10.9 Å². The fourth-order valence-corrected chi connectivity index (χ4v) is 4.78. The molecule has 0 aliphatic heterocycles. The number of hydrogen-bond acceptors (Lipinski definition) is 3. The highest BCUT2D eigenvalue weighted by atomic mass is 35.5. The van der Waals surface area contributed by atoms with Gasteiger partial charge in [-0.15, -0.1) is 0 Å². The Bertz CT molecular complexity index is 1260. The van der Waals surface area contributed by atoms with Gasteiger partial charge < -0.3 is 9.46 Å². The molecule has 1 aromatic heterocycles. The zero-order valence-corrected chi connectivity index (χ0v) is 20.9. The highest BCUT2D eigenvalue weighted by molar-refractivity contribution is 7.86. The first-order valence-corrected chi connectivity index (χ1v) is 12.2. The Balaban J connectivity index is 0.00000141. The van der Waals surface area contributed by atoms with Crippen molar-refractivity contribution in [1.82, 2.24) is 4.98 Å². The average Bonchev–Trinajstić information content (AvgIpc) is 2.77. The summed E-state index contributed by atoms with van der Waals surface area (Å²) >= 11 is 24.7. The van der Waals surface area contributed by atoms with Crippen LogP contribution in [0.2, 0.25) is 20.1 Å². The van der Waals surface area contributed by atoms with Gasteiger partial charge in [-0.25, -0.2) is 4.21 Å². The summed E-state index contributed by atoms with van der Waals surface area (Å²) in [5.74, 6) is 0.769. The van der Waals surface area contributed by atoms with E-state index in [2.05, 4.69) is 9.71 Å². The Labute approximate surface area is 209 Å². The van der Waals surface area contributed by atoms with Crippen LogP contribution in [-0.2, 0) is 11.0 Å². The van der Waals surface area contributed by atoms with Crippen molar-refractivity contribution in [2.45, 2.75) is 18.7 Å². The molecule has 4 nitrogen and oxygen atoms in total. The van der Waals surface area contributed by atoms with E-state index in [1.165, 1.54) is 6.07 Å². The minimum Gasteiger partial charge on any atom is -0.453 e. The summed E-state index contributed by atoms with van der Waals surface area (Å²) < 4.78 is 21.3. The Hall–Kier alpha value is -2.02. The molecule has 1 heterocycles. The number of fused-ring (bicyclic) bond motifs is 1. The Morgan fingerprint density at radius 3 is 2.25 bits per heavy atom. The molecule has 0 aliphatic rings. The molecule has 1 N–H and O–H groups in total. The van der Waals surface area contributed by atoms with Gasteiger partial charge in [0.2, 0.25) is 0 Å². The second-order valence-corrected chi connectivity index (χ2v) is 9.02. The Kier molecular flexibility index (Phi) is 8.63. The molecule has 4 rings (SSSR count). The zero-order chi connectivity index (χ0) is 23.3. The van der Waals surface area contributed by atoms with Gasteiger partial charge in [-0.2, -0.15) is 0 Å². The lowest BCUT2D eigenvalue weighted by Gasteiger charge is -2.13. The van der Waals surface area contributed by atoms with Crippen LogP contribution in [0.5, 0.6) is 11.5 Å². The Morgan fingerprint density at radius 2 is 1.56 bits per heavy atom. The van der Waals surface area contributed by atoms with Gasteiger partial charge in [-0.1, -0.05) is 78.5 Å². The van der Waals surface area contributed by atoms with E-state index in [1.807, 2.05) is 44.2 Å². The summed E-state index contributed by atoms with van der Waals surface area (Å²) in [4.78, 5) is 4.74. The van der Waals surface area contributed by atoms with Gasteiger partial charge in [0.15, 0.2) is 16.7 Å². The zero-order valence-electron chi connectivity index (χ0n) is 17.0. The third-order valence-corrected chi connectivity index (χ3v) is 6.49. The Morgan fingerprint density at radius 1 is 0.875 bits per heavy atom. The molecule has 0 aliphatic carbocycles. The molecule has 4 aromatic rings. The number of benzene rings is 3. The van der Waals surface area contributed by atoms with Crippen molar-refractivity contribution in [3.05, 3.63) is 87.0 Å². The molecule has 0 amide bonds. The van der Waals surface area contributed by atoms with Crippen LogP contribution in [-0.4, -0.2) is 9.19 Å². The summed E-state index contributed by atoms with van der Waals surface area (Å²) in [5.41, 5.74) is 1.29. The monoisotopic (exact) mass is 526 g/mol. The summed E-state index contributed by atoms with van der Waals surface area (Å²) in [6, 6.07) is 17.4. The number of nitrogens with zero attached hydrogens (tertiary/aromatic N) is 1. The van der Waals surface area contributed by atoms with E-state index in [0.29, 0.717) is 21.4 Å². The van der Waals surface area contributed by atoms with Crippen molar-refractivity contribution >= 4 is 74.0 Å². The lowest BCUT2D eigenvalue weighted by Crippen LogP contribution is -2.05. The molecule has 32 heavy (non-hydrogen) atoms. The topological polar surface area (TPSA) is 51.2 Å². The van der Waals surface area contributed by atoms with Crippen LogP contribution < -0.4 is 9.46 Å². The number of hydrogen-bond donors (Lipinski definition) is 1. The molecule has 1 unspecified atom stereocenters. The maximum absolute atomic E-state index is 12.6. The summed E-state index contributed by atoms with van der Waals surface area (Å²) in [6.45, 7) is 4.00. The number of anilines is 1. The molecule has 0 radical (unpaired) electrons. The predicted octanol–water partition coefficient (Wildman–Crippen LogP) is 8.80. The number of nitrogens with one attached hydrogen (secondary N) is 1. The third kappa shape index (κ3) is 5.85. The largest absolute Gasteiger partial charge is 0.453 e. The highest BCUT2D eigenvalue weighted by Gasteiger charge is 2.15. The maximum Gasteiger partial charge on any atom is 0.164 e. The maximum atomic E-state index is 12.6. The molecular formula is C23H18Cl4N2O2S. The van der Waals surface area contributed by atoms with E-state index in [-0.39, 0.29) is 20.8 Å². The van der Waals surface area contributed by atoms with Crippen LogP contribution in [0.3, 0.4) is 0 Å². The van der Waals surface area contributed by atoms with Gasteiger partial charge in [0.25, 0.3) is 0 Å². The molecule has 0 fully saturated rings.